The number of carbonyl (C=O) groups is 4. The van der Waals surface area contributed by atoms with Crippen LogP contribution in [0.25, 0.3) is 0 Å². The Balaban J connectivity index is 2.45. The van der Waals surface area contributed by atoms with Gasteiger partial charge < -0.3 is 20.7 Å². The van der Waals surface area contributed by atoms with Gasteiger partial charge in [-0.05, 0) is 25.3 Å². The van der Waals surface area contributed by atoms with Crippen molar-refractivity contribution in [3.63, 3.8) is 0 Å². The molecule has 1 unspecified atom stereocenters. The second-order valence-electron chi connectivity index (χ2n) is 8.25. The van der Waals surface area contributed by atoms with Gasteiger partial charge >= 0.3 is 0 Å². The first-order valence-corrected chi connectivity index (χ1v) is 13.5. The van der Waals surface area contributed by atoms with E-state index in [1.807, 2.05) is 26.0 Å². The summed E-state index contributed by atoms with van der Waals surface area (Å²) >= 11 is 0. The summed E-state index contributed by atoms with van der Waals surface area (Å²) in [6.07, 6.45) is 5.65. The SMILES string of the molecule is C=C1CNC(=O)/C(=C/C)NC(=O)[C@H]2CSSCC/C=C/C(CC(=O)C[C@H](C(C)C)C(=O)N2)O1. The van der Waals surface area contributed by atoms with Crippen LogP contribution >= 0.6 is 21.6 Å². The Kier molecular flexibility index (Phi) is 11.1. The van der Waals surface area contributed by atoms with Gasteiger partial charge in [0.05, 0.1) is 6.54 Å². The monoisotopic (exact) mass is 495 g/mol. The van der Waals surface area contributed by atoms with Crippen LogP contribution in [-0.4, -0.2) is 53.7 Å². The molecule has 1 saturated heterocycles. The zero-order chi connectivity index (χ0) is 24.4. The highest BCUT2D eigenvalue weighted by molar-refractivity contribution is 8.76. The van der Waals surface area contributed by atoms with Crippen molar-refractivity contribution < 1.29 is 23.9 Å². The first-order chi connectivity index (χ1) is 15.7. The molecule has 0 aromatic heterocycles. The van der Waals surface area contributed by atoms with E-state index < -0.39 is 29.9 Å². The van der Waals surface area contributed by atoms with Crippen LogP contribution in [0.2, 0.25) is 0 Å². The van der Waals surface area contributed by atoms with E-state index in [4.69, 9.17) is 4.74 Å². The molecule has 2 rings (SSSR count). The van der Waals surface area contributed by atoms with Crippen LogP contribution < -0.4 is 16.0 Å². The minimum absolute atomic E-state index is 0.0328. The first-order valence-electron chi connectivity index (χ1n) is 11.0. The van der Waals surface area contributed by atoms with Gasteiger partial charge in [0, 0.05) is 30.3 Å². The van der Waals surface area contributed by atoms with Crippen molar-refractivity contribution in [2.24, 2.45) is 11.8 Å². The quantitative estimate of drug-likeness (QED) is 0.291. The molecule has 0 aliphatic carbocycles. The molecule has 0 radical (unpaired) electrons. The predicted octanol–water partition coefficient (Wildman–Crippen LogP) is 2.48. The lowest BCUT2D eigenvalue weighted by Crippen LogP contribution is -2.51. The Morgan fingerprint density at radius 1 is 1.15 bits per heavy atom. The fraction of sp³-hybridized carbons (Fsp3) is 0.565. The number of carbonyl (C=O) groups excluding carboxylic acids is 4. The number of fused-ring (bicyclic) bond motifs is 7. The van der Waals surface area contributed by atoms with Crippen LogP contribution in [0.5, 0.6) is 0 Å². The molecule has 1 fully saturated rings. The van der Waals surface area contributed by atoms with Gasteiger partial charge in [0.25, 0.3) is 5.91 Å². The van der Waals surface area contributed by atoms with Crippen LogP contribution in [0, 0.1) is 11.8 Å². The van der Waals surface area contributed by atoms with Crippen molar-refractivity contribution in [3.05, 3.63) is 36.3 Å². The van der Waals surface area contributed by atoms with Gasteiger partial charge in [0.1, 0.15) is 29.4 Å². The molecule has 3 atom stereocenters. The minimum atomic E-state index is -0.853. The molecular weight excluding hydrogens is 462 g/mol. The van der Waals surface area contributed by atoms with E-state index in [1.165, 1.54) is 16.9 Å². The molecule has 2 aliphatic heterocycles. The number of Topliss-reactive ketones (excluding diaryl/α,β-unsaturated/α-hetero) is 1. The van der Waals surface area contributed by atoms with Crippen molar-refractivity contribution in [3.8, 4) is 0 Å². The maximum absolute atomic E-state index is 13.1. The summed E-state index contributed by atoms with van der Waals surface area (Å²) in [4.78, 5) is 51.5. The van der Waals surface area contributed by atoms with Gasteiger partial charge in [0.2, 0.25) is 11.8 Å². The summed E-state index contributed by atoms with van der Waals surface area (Å²) in [6, 6.07) is -0.853. The summed E-state index contributed by atoms with van der Waals surface area (Å²) < 4.78 is 5.86. The van der Waals surface area contributed by atoms with E-state index in [2.05, 4.69) is 22.5 Å². The minimum Gasteiger partial charge on any atom is -0.489 e. The summed E-state index contributed by atoms with van der Waals surface area (Å²) in [5.74, 6) is -0.719. The Morgan fingerprint density at radius 2 is 1.91 bits per heavy atom. The molecule has 0 saturated carbocycles. The van der Waals surface area contributed by atoms with Crippen LogP contribution in [0.3, 0.4) is 0 Å². The van der Waals surface area contributed by atoms with E-state index >= 15 is 0 Å². The molecule has 2 heterocycles. The van der Waals surface area contributed by atoms with E-state index in [1.54, 1.807) is 17.7 Å². The average Bonchev–Trinajstić information content (AvgIpc) is 2.76. The molecule has 2 aliphatic rings. The molecule has 182 valence electrons. The number of hydrogen-bond donors (Lipinski definition) is 3. The first kappa shape index (κ1) is 27.0. The third-order valence-corrected chi connectivity index (χ3v) is 7.69. The van der Waals surface area contributed by atoms with Crippen LogP contribution in [0.1, 0.15) is 40.0 Å². The van der Waals surface area contributed by atoms with E-state index in [9.17, 15) is 19.2 Å². The van der Waals surface area contributed by atoms with E-state index in [0.29, 0.717) is 11.5 Å². The highest BCUT2D eigenvalue weighted by Crippen LogP contribution is 2.25. The number of hydrogen-bond acceptors (Lipinski definition) is 7. The Labute approximate surface area is 203 Å². The van der Waals surface area contributed by atoms with Crippen molar-refractivity contribution in [2.75, 3.05) is 18.1 Å². The van der Waals surface area contributed by atoms with Crippen molar-refractivity contribution in [1.82, 2.24) is 16.0 Å². The number of ketones is 1. The number of nitrogens with one attached hydrogen (secondary N) is 3. The Hall–Kier alpha value is -2.20. The summed E-state index contributed by atoms with van der Waals surface area (Å²) in [5, 5.41) is 8.10. The molecule has 0 aromatic carbocycles. The van der Waals surface area contributed by atoms with Crippen LogP contribution in [-0.2, 0) is 23.9 Å². The van der Waals surface area contributed by atoms with E-state index in [0.717, 1.165) is 12.2 Å². The fourth-order valence-electron chi connectivity index (χ4n) is 3.34. The van der Waals surface area contributed by atoms with Gasteiger partial charge in [-0.25, -0.2) is 0 Å². The molecule has 10 heteroatoms. The molecule has 8 nitrogen and oxygen atoms in total. The molecule has 0 spiro atoms. The number of allylic oxidation sites excluding steroid dienone is 2. The summed E-state index contributed by atoms with van der Waals surface area (Å²) in [7, 11) is 3.06. The maximum Gasteiger partial charge on any atom is 0.267 e. The van der Waals surface area contributed by atoms with Crippen molar-refractivity contribution in [1.29, 1.82) is 0 Å². The molecule has 2 bridgehead atoms. The van der Waals surface area contributed by atoms with Crippen LogP contribution in [0.15, 0.2) is 36.3 Å². The van der Waals surface area contributed by atoms with Gasteiger partial charge in [-0.2, -0.15) is 0 Å². The van der Waals surface area contributed by atoms with Gasteiger partial charge in [-0.3, -0.25) is 19.2 Å². The highest BCUT2D eigenvalue weighted by atomic mass is 33.1. The highest BCUT2D eigenvalue weighted by Gasteiger charge is 2.31. The molecule has 3 amide bonds. The zero-order valence-corrected chi connectivity index (χ0v) is 21.0. The number of amides is 3. The van der Waals surface area contributed by atoms with Gasteiger partial charge in [-0.15, -0.1) is 0 Å². The smallest absolute Gasteiger partial charge is 0.267 e. The number of ether oxygens (including phenoxy) is 1. The lowest BCUT2D eigenvalue weighted by molar-refractivity contribution is -0.134. The third-order valence-electron chi connectivity index (χ3n) is 5.24. The topological polar surface area (TPSA) is 114 Å². The number of rotatable bonds is 1. The predicted molar refractivity (Wildman–Crippen MR) is 132 cm³/mol. The standard InChI is InChI=1S/C23H33N3O5S2/c1-5-19-22(29)24-12-15(4)31-17-8-6-7-9-32-33-13-20(23(30)25-19)26-21(28)18(14(2)3)11-16(27)10-17/h5-6,8,14,17-18,20H,4,7,9-13H2,1-3H3,(H,24,29)(H,25,30)(H,26,28)/b8-6+,19-5-/t17?,18-,20-/m1/s1. The van der Waals surface area contributed by atoms with Crippen molar-refractivity contribution >= 4 is 45.1 Å². The summed E-state index contributed by atoms with van der Waals surface area (Å²) in [5.41, 5.74) is 0.0770. The second-order valence-corrected chi connectivity index (χ2v) is 10.9. The molecule has 33 heavy (non-hydrogen) atoms. The average molecular weight is 496 g/mol. The zero-order valence-electron chi connectivity index (χ0n) is 19.3. The Morgan fingerprint density at radius 3 is 2.61 bits per heavy atom. The largest absolute Gasteiger partial charge is 0.489 e. The van der Waals surface area contributed by atoms with Crippen molar-refractivity contribution in [2.45, 2.75) is 52.2 Å². The second kappa shape index (κ2) is 13.5. The lowest BCUT2D eigenvalue weighted by atomic mass is 9.88. The fourth-order valence-corrected chi connectivity index (χ4v) is 5.50. The van der Waals surface area contributed by atoms with Gasteiger partial charge in [0.15, 0.2) is 0 Å². The molecule has 3 N–H and O–H groups in total. The molecule has 0 aromatic rings. The van der Waals surface area contributed by atoms with Crippen LogP contribution in [0.4, 0.5) is 0 Å². The third kappa shape index (κ3) is 8.92. The van der Waals surface area contributed by atoms with Gasteiger partial charge in [-0.1, -0.05) is 54.2 Å². The normalized spacial score (nSPS) is 29.0. The maximum atomic E-state index is 13.1. The summed E-state index contributed by atoms with van der Waals surface area (Å²) in [6.45, 7) is 9.28. The van der Waals surface area contributed by atoms with E-state index in [-0.39, 0.29) is 42.7 Å². The Bertz CT molecular complexity index is 825. The molecular formula is C23H33N3O5S2. The lowest BCUT2D eigenvalue weighted by Gasteiger charge is -2.25.